The van der Waals surface area contributed by atoms with E-state index in [1.54, 1.807) is 80.7 Å². The van der Waals surface area contributed by atoms with Gasteiger partial charge in [-0.3, -0.25) is 29.8 Å². The largest absolute Gasteiger partial charge is 0.461 e. The Hall–Kier alpha value is -6.90. The number of amides is 2. The molecular weight excluding hydrogens is 738 g/mol. The lowest BCUT2D eigenvalue weighted by molar-refractivity contribution is -0.143. The van der Waals surface area contributed by atoms with Crippen LogP contribution in [0.3, 0.4) is 0 Å². The van der Waals surface area contributed by atoms with Crippen molar-refractivity contribution in [3.63, 3.8) is 0 Å². The molecule has 0 atom stereocenters. The molecule has 3 N–H and O–H groups in total. The van der Waals surface area contributed by atoms with Gasteiger partial charge >= 0.3 is 36.1 Å². The Morgan fingerprint density at radius 3 is 1.05 bits per heavy atom. The number of hydrogen-bond acceptors (Lipinski definition) is 13. The second-order valence-electron chi connectivity index (χ2n) is 12.3. The molecule has 0 fully saturated rings. The van der Waals surface area contributed by atoms with E-state index in [0.717, 1.165) is 11.3 Å². The quantitative estimate of drug-likeness (QED) is 0.0830. The summed E-state index contributed by atoms with van der Waals surface area (Å²) in [6.07, 6.45) is 3.88. The van der Waals surface area contributed by atoms with Crippen molar-refractivity contribution in [3.05, 3.63) is 106 Å². The van der Waals surface area contributed by atoms with Gasteiger partial charge in [0.25, 0.3) is 0 Å². The van der Waals surface area contributed by atoms with Crippen LogP contribution in [0.25, 0.3) is 18.2 Å². The van der Waals surface area contributed by atoms with Crippen molar-refractivity contribution in [1.82, 2.24) is 0 Å². The molecule has 0 aliphatic rings. The molecule has 3 aromatic carbocycles. The smallest absolute Gasteiger partial charge is 0.411 e. The van der Waals surface area contributed by atoms with E-state index in [2.05, 4.69) is 16.0 Å². The minimum atomic E-state index is -0.752. The average molecular weight is 786 g/mol. The monoisotopic (exact) mass is 785 g/mol. The van der Waals surface area contributed by atoms with E-state index in [0.29, 0.717) is 39.2 Å². The van der Waals surface area contributed by atoms with Crippen LogP contribution in [0, 0.1) is 0 Å². The highest BCUT2D eigenvalue weighted by Gasteiger charge is 2.12. The second kappa shape index (κ2) is 23.8. The molecule has 0 saturated heterocycles. The highest BCUT2D eigenvalue weighted by atomic mass is 16.6. The highest BCUT2D eigenvalue weighted by molar-refractivity contribution is 5.86. The van der Waals surface area contributed by atoms with Crippen molar-refractivity contribution in [2.24, 2.45) is 0 Å². The van der Waals surface area contributed by atoms with Crippen LogP contribution in [0.1, 0.15) is 50.8 Å². The molecule has 0 aromatic heterocycles. The number of esters is 4. The Labute approximate surface area is 331 Å². The summed E-state index contributed by atoms with van der Waals surface area (Å²) in [4.78, 5) is 71.1. The van der Waals surface area contributed by atoms with Crippen molar-refractivity contribution in [2.45, 2.75) is 34.1 Å². The summed E-state index contributed by atoms with van der Waals surface area (Å²) in [6.45, 7) is 4.93. The maximum Gasteiger partial charge on any atom is 0.411 e. The van der Waals surface area contributed by atoms with E-state index >= 15 is 0 Å². The predicted octanol–water partition coefficient (Wildman–Crippen LogP) is 7.02. The lowest BCUT2D eigenvalue weighted by Crippen LogP contribution is -2.19. The van der Waals surface area contributed by atoms with E-state index in [1.807, 2.05) is 24.3 Å². The van der Waals surface area contributed by atoms with Crippen molar-refractivity contribution in [2.75, 3.05) is 62.6 Å². The third-order valence-electron chi connectivity index (χ3n) is 7.49. The molecule has 0 saturated carbocycles. The van der Waals surface area contributed by atoms with Crippen molar-refractivity contribution < 1.29 is 57.2 Å². The van der Waals surface area contributed by atoms with Gasteiger partial charge in [-0.1, -0.05) is 43.3 Å². The van der Waals surface area contributed by atoms with Crippen LogP contribution in [0.2, 0.25) is 0 Å². The first-order valence-electron chi connectivity index (χ1n) is 17.8. The molecule has 3 aromatic rings. The first-order valence-corrected chi connectivity index (χ1v) is 17.8. The molecule has 57 heavy (non-hydrogen) atoms. The molecule has 302 valence electrons. The third-order valence-corrected chi connectivity index (χ3v) is 7.49. The zero-order valence-corrected chi connectivity index (χ0v) is 32.5. The van der Waals surface area contributed by atoms with Gasteiger partial charge in [0.05, 0.1) is 0 Å². The minimum absolute atomic E-state index is 0.0404. The third kappa shape index (κ3) is 18.3. The van der Waals surface area contributed by atoms with Crippen molar-refractivity contribution in [1.29, 1.82) is 0 Å². The van der Waals surface area contributed by atoms with E-state index < -0.39 is 30.1 Å². The molecule has 15 nitrogen and oxygen atoms in total. The number of nitrogens with one attached hydrogen (secondary N) is 3. The topological polar surface area (TPSA) is 194 Å². The van der Waals surface area contributed by atoms with Crippen LogP contribution in [0.5, 0.6) is 0 Å². The van der Waals surface area contributed by atoms with Crippen LogP contribution >= 0.6 is 0 Å². The number of rotatable bonds is 19. The van der Waals surface area contributed by atoms with Gasteiger partial charge in [-0.2, -0.15) is 0 Å². The lowest BCUT2D eigenvalue weighted by atomic mass is 10.1. The van der Waals surface area contributed by atoms with Crippen LogP contribution in [0.4, 0.5) is 26.7 Å². The Morgan fingerprint density at radius 2 is 0.754 bits per heavy atom. The Morgan fingerprint density at radius 1 is 0.456 bits per heavy atom. The molecule has 0 bridgehead atoms. The summed E-state index contributed by atoms with van der Waals surface area (Å²) in [5.74, 6) is -1.81. The van der Waals surface area contributed by atoms with E-state index in [-0.39, 0.29) is 52.0 Å². The van der Waals surface area contributed by atoms with Gasteiger partial charge in [-0.15, -0.1) is 0 Å². The summed E-state index contributed by atoms with van der Waals surface area (Å²) in [6, 6.07) is 20.9. The Balaban J connectivity index is 1.63. The van der Waals surface area contributed by atoms with Crippen molar-refractivity contribution >= 4 is 71.4 Å². The van der Waals surface area contributed by atoms with Gasteiger partial charge in [0.15, 0.2) is 0 Å². The first kappa shape index (κ1) is 44.5. The fourth-order valence-electron chi connectivity index (χ4n) is 4.64. The molecule has 0 spiro atoms. The second-order valence-corrected chi connectivity index (χ2v) is 12.3. The van der Waals surface area contributed by atoms with E-state index in [1.165, 1.54) is 20.8 Å². The van der Waals surface area contributed by atoms with Gasteiger partial charge in [-0.05, 0) is 71.3 Å². The van der Waals surface area contributed by atoms with Crippen LogP contribution in [-0.2, 0) is 47.6 Å². The maximum absolute atomic E-state index is 12.8. The molecule has 0 heterocycles. The summed E-state index contributed by atoms with van der Waals surface area (Å²) >= 11 is 0. The fourth-order valence-corrected chi connectivity index (χ4v) is 4.64. The lowest BCUT2D eigenvalue weighted by Gasteiger charge is -2.13. The number of carbonyl (C=O) groups is 6. The predicted molar refractivity (Wildman–Crippen MR) is 214 cm³/mol. The SMILES string of the molecule is CCC(=O)OC/C(=C\c1ccc(NC(=O)OC/C(=C/c2ccc(NC)cc2)COC(=O)Nc2ccc(C=C(COC(C)=O)COC(C)=O)cc2)cc1)COC(C)=O. The summed E-state index contributed by atoms with van der Waals surface area (Å²) < 4.78 is 31.3. The molecule has 0 radical (unpaired) electrons. The molecule has 0 aliphatic carbocycles. The average Bonchev–Trinajstić information content (AvgIpc) is 3.19. The number of ether oxygens (including phenoxy) is 6. The van der Waals surface area contributed by atoms with Crippen LogP contribution in [-0.4, -0.2) is 82.8 Å². The zero-order valence-electron chi connectivity index (χ0n) is 32.5. The number of carbonyl (C=O) groups excluding carboxylic acids is 6. The normalized spacial score (nSPS) is 11.0. The van der Waals surface area contributed by atoms with Crippen LogP contribution < -0.4 is 16.0 Å². The molecule has 3 rings (SSSR count). The van der Waals surface area contributed by atoms with E-state index in [9.17, 15) is 28.8 Å². The number of anilines is 3. The molecule has 0 aliphatic heterocycles. The van der Waals surface area contributed by atoms with Gasteiger partial charge in [0.1, 0.15) is 39.6 Å². The summed E-state index contributed by atoms with van der Waals surface area (Å²) in [5.41, 5.74) is 5.57. The van der Waals surface area contributed by atoms with Crippen molar-refractivity contribution in [3.8, 4) is 0 Å². The number of hydrogen-bond donors (Lipinski definition) is 3. The molecule has 15 heteroatoms. The van der Waals surface area contributed by atoms with Gasteiger partial charge in [0.2, 0.25) is 0 Å². The minimum Gasteiger partial charge on any atom is -0.461 e. The Kier molecular flexibility index (Phi) is 18.6. The Bertz CT molecular complexity index is 1910. The standard InChI is InChI=1S/C42H47N3O12/c1-6-40(49)55-25-35(24-54-30(4)48)20-33-11-17-39(18-12-33)45-42(51)57-27-36(21-31-7-13-37(43-5)14-8-31)26-56-41(50)44-38-15-9-32(10-16-38)19-34(22-52-28(2)46)23-53-29(3)47/h7-21,43H,6,22-27H2,1-5H3,(H,44,50)(H,45,51)/b35-20-,36-21+. The molecule has 2 amide bonds. The van der Waals surface area contributed by atoms with E-state index in [4.69, 9.17) is 28.4 Å². The zero-order chi connectivity index (χ0) is 41.6. The molecular formula is C42H47N3O12. The van der Waals surface area contributed by atoms with Crippen LogP contribution in [0.15, 0.2) is 89.5 Å². The summed E-state index contributed by atoms with van der Waals surface area (Å²) in [5, 5.41) is 8.36. The maximum atomic E-state index is 12.8. The van der Waals surface area contributed by atoms with Gasteiger partial charge in [0, 0.05) is 68.0 Å². The summed E-state index contributed by atoms with van der Waals surface area (Å²) in [7, 11) is 1.80. The van der Waals surface area contributed by atoms with Gasteiger partial charge < -0.3 is 33.7 Å². The highest BCUT2D eigenvalue weighted by Crippen LogP contribution is 2.17. The first-order chi connectivity index (χ1) is 27.3. The number of benzene rings is 3. The fraction of sp³-hybridized carbons (Fsp3) is 0.286. The molecule has 0 unspecified atom stereocenters. The van der Waals surface area contributed by atoms with Gasteiger partial charge in [-0.25, -0.2) is 9.59 Å².